The number of halogens is 1. The topological polar surface area (TPSA) is 51.8 Å². The van der Waals surface area contributed by atoms with Crippen molar-refractivity contribution in [2.45, 2.75) is 13.3 Å². The molecule has 0 radical (unpaired) electrons. The maximum absolute atomic E-state index is 5.53. The van der Waals surface area contributed by atoms with Gasteiger partial charge in [-0.2, -0.15) is 0 Å². The Labute approximate surface area is 109 Å². The van der Waals surface area contributed by atoms with Gasteiger partial charge in [0.05, 0.1) is 0 Å². The molecule has 0 bridgehead atoms. The van der Waals surface area contributed by atoms with Gasteiger partial charge in [-0.25, -0.2) is 9.97 Å². The summed E-state index contributed by atoms with van der Waals surface area (Å²) in [5, 5.41) is 0. The molecule has 0 aliphatic heterocycles. The van der Waals surface area contributed by atoms with Gasteiger partial charge < -0.3 is 5.73 Å². The molecule has 0 aliphatic rings. The van der Waals surface area contributed by atoms with Crippen LogP contribution in [0.2, 0.25) is 0 Å². The monoisotopic (exact) mass is 291 g/mol. The number of nitrogens with two attached hydrogens (primary N) is 1. The van der Waals surface area contributed by atoms with Crippen LogP contribution in [-0.2, 0) is 6.42 Å². The Morgan fingerprint density at radius 2 is 2.12 bits per heavy atom. The summed E-state index contributed by atoms with van der Waals surface area (Å²) >= 11 is 3.54. The van der Waals surface area contributed by atoms with E-state index in [1.165, 1.54) is 5.56 Å². The first kappa shape index (κ1) is 12.2. The highest BCUT2D eigenvalue weighted by Gasteiger charge is 2.06. The molecular weight excluding hydrogens is 278 g/mol. The van der Waals surface area contributed by atoms with Crippen LogP contribution in [0.5, 0.6) is 0 Å². The van der Waals surface area contributed by atoms with Gasteiger partial charge in [0.2, 0.25) is 0 Å². The number of hydrogen-bond donors (Lipinski definition) is 1. The average Bonchev–Trinajstić information content (AvgIpc) is 2.29. The highest BCUT2D eigenvalue weighted by Crippen LogP contribution is 2.26. The molecular formula is C13H14BrN3. The molecule has 0 aliphatic carbocycles. The molecule has 0 saturated carbocycles. The van der Waals surface area contributed by atoms with E-state index in [0.29, 0.717) is 6.54 Å². The van der Waals surface area contributed by atoms with Crippen molar-refractivity contribution in [3.05, 3.63) is 46.2 Å². The van der Waals surface area contributed by atoms with Crippen LogP contribution in [0.25, 0.3) is 11.4 Å². The lowest BCUT2D eigenvalue weighted by atomic mass is 10.1. The number of nitrogens with zero attached hydrogens (tertiary/aromatic N) is 2. The predicted molar refractivity (Wildman–Crippen MR) is 72.7 cm³/mol. The largest absolute Gasteiger partial charge is 0.330 e. The van der Waals surface area contributed by atoms with Gasteiger partial charge in [-0.3, -0.25) is 0 Å². The van der Waals surface area contributed by atoms with Gasteiger partial charge in [-0.05, 0) is 37.2 Å². The maximum atomic E-state index is 5.53. The third kappa shape index (κ3) is 2.90. The molecule has 4 heteroatoms. The molecule has 0 fully saturated rings. The fourth-order valence-corrected chi connectivity index (χ4v) is 2.29. The second kappa shape index (κ2) is 5.38. The molecule has 0 atom stereocenters. The molecule has 2 rings (SSSR count). The van der Waals surface area contributed by atoms with E-state index in [2.05, 4.69) is 45.0 Å². The van der Waals surface area contributed by atoms with E-state index in [4.69, 9.17) is 5.73 Å². The van der Waals surface area contributed by atoms with Gasteiger partial charge in [-0.1, -0.05) is 22.0 Å². The SMILES string of the molecule is Cc1ccc(-c2nccc(CCN)n2)c(Br)c1. The van der Waals surface area contributed by atoms with Crippen LogP contribution in [0, 0.1) is 6.92 Å². The summed E-state index contributed by atoms with van der Waals surface area (Å²) in [5.41, 5.74) is 8.72. The highest BCUT2D eigenvalue weighted by molar-refractivity contribution is 9.10. The number of hydrogen-bond acceptors (Lipinski definition) is 3. The zero-order valence-corrected chi connectivity index (χ0v) is 11.2. The Bertz CT molecular complexity index is 526. The zero-order valence-electron chi connectivity index (χ0n) is 9.65. The van der Waals surface area contributed by atoms with E-state index in [-0.39, 0.29) is 0 Å². The normalized spacial score (nSPS) is 10.5. The molecule has 1 heterocycles. The summed E-state index contributed by atoms with van der Waals surface area (Å²) in [6.07, 6.45) is 2.55. The van der Waals surface area contributed by atoms with Gasteiger partial charge >= 0.3 is 0 Å². The van der Waals surface area contributed by atoms with Crippen LogP contribution in [0.15, 0.2) is 34.9 Å². The van der Waals surface area contributed by atoms with Crippen LogP contribution in [0.1, 0.15) is 11.3 Å². The molecule has 0 amide bonds. The van der Waals surface area contributed by atoms with Crippen molar-refractivity contribution in [1.82, 2.24) is 9.97 Å². The Hall–Kier alpha value is -1.26. The fourth-order valence-electron chi connectivity index (χ4n) is 1.61. The smallest absolute Gasteiger partial charge is 0.160 e. The lowest BCUT2D eigenvalue weighted by Crippen LogP contribution is -2.05. The number of aromatic nitrogens is 2. The number of rotatable bonds is 3. The summed E-state index contributed by atoms with van der Waals surface area (Å²) in [5.74, 6) is 0.739. The Balaban J connectivity index is 2.42. The van der Waals surface area contributed by atoms with Crippen molar-refractivity contribution in [2.75, 3.05) is 6.54 Å². The minimum absolute atomic E-state index is 0.603. The van der Waals surface area contributed by atoms with Crippen LogP contribution in [0.3, 0.4) is 0 Å². The van der Waals surface area contributed by atoms with Gasteiger partial charge in [0.15, 0.2) is 5.82 Å². The Kier molecular flexibility index (Phi) is 3.86. The van der Waals surface area contributed by atoms with Crippen molar-refractivity contribution in [3.63, 3.8) is 0 Å². The van der Waals surface area contributed by atoms with Gasteiger partial charge in [0.1, 0.15) is 0 Å². The first-order valence-corrected chi connectivity index (χ1v) is 6.28. The highest BCUT2D eigenvalue weighted by atomic mass is 79.9. The van der Waals surface area contributed by atoms with E-state index < -0.39 is 0 Å². The summed E-state index contributed by atoms with van der Waals surface area (Å²) in [7, 11) is 0. The predicted octanol–water partition coefficient (Wildman–Crippen LogP) is 2.72. The van der Waals surface area contributed by atoms with Crippen LogP contribution in [-0.4, -0.2) is 16.5 Å². The lowest BCUT2D eigenvalue weighted by Gasteiger charge is -2.05. The van der Waals surface area contributed by atoms with E-state index in [1.807, 2.05) is 12.1 Å². The fraction of sp³-hybridized carbons (Fsp3) is 0.231. The molecule has 2 N–H and O–H groups in total. The first-order valence-electron chi connectivity index (χ1n) is 5.49. The molecule has 1 aromatic carbocycles. The molecule has 17 heavy (non-hydrogen) atoms. The summed E-state index contributed by atoms with van der Waals surface area (Å²) in [6.45, 7) is 2.66. The Morgan fingerprint density at radius 3 is 2.82 bits per heavy atom. The first-order chi connectivity index (χ1) is 8.20. The minimum atomic E-state index is 0.603. The quantitative estimate of drug-likeness (QED) is 0.946. The molecule has 3 nitrogen and oxygen atoms in total. The van der Waals surface area contributed by atoms with Gasteiger partial charge in [0, 0.05) is 28.3 Å². The number of benzene rings is 1. The van der Waals surface area contributed by atoms with E-state index in [0.717, 1.165) is 28.0 Å². The second-order valence-electron chi connectivity index (χ2n) is 3.89. The van der Waals surface area contributed by atoms with Crippen molar-refractivity contribution in [1.29, 1.82) is 0 Å². The molecule has 0 unspecified atom stereocenters. The molecule has 0 spiro atoms. The maximum Gasteiger partial charge on any atom is 0.160 e. The summed E-state index contributed by atoms with van der Waals surface area (Å²) in [6, 6.07) is 8.05. The molecule has 88 valence electrons. The molecule has 1 aromatic heterocycles. The Morgan fingerprint density at radius 1 is 1.29 bits per heavy atom. The minimum Gasteiger partial charge on any atom is -0.330 e. The van der Waals surface area contributed by atoms with Crippen LogP contribution >= 0.6 is 15.9 Å². The standard InChI is InChI=1S/C13H14BrN3/c1-9-2-3-11(12(14)8-9)13-16-7-5-10(17-13)4-6-15/h2-3,5,7-8H,4,6,15H2,1H3. The van der Waals surface area contributed by atoms with Crippen molar-refractivity contribution in [2.24, 2.45) is 5.73 Å². The van der Waals surface area contributed by atoms with E-state index >= 15 is 0 Å². The van der Waals surface area contributed by atoms with Crippen LogP contribution in [0.4, 0.5) is 0 Å². The summed E-state index contributed by atoms with van der Waals surface area (Å²) in [4.78, 5) is 8.80. The van der Waals surface area contributed by atoms with Crippen LogP contribution < -0.4 is 5.73 Å². The van der Waals surface area contributed by atoms with Crippen molar-refractivity contribution >= 4 is 15.9 Å². The zero-order chi connectivity index (χ0) is 12.3. The summed E-state index contributed by atoms with van der Waals surface area (Å²) < 4.78 is 1.02. The third-order valence-electron chi connectivity index (χ3n) is 2.48. The average molecular weight is 292 g/mol. The van der Waals surface area contributed by atoms with Gasteiger partial charge in [-0.15, -0.1) is 0 Å². The third-order valence-corrected chi connectivity index (χ3v) is 3.14. The van der Waals surface area contributed by atoms with Crippen molar-refractivity contribution in [3.8, 4) is 11.4 Å². The lowest BCUT2D eigenvalue weighted by molar-refractivity contribution is 0.913. The molecule has 0 saturated heterocycles. The van der Waals surface area contributed by atoms with Crippen molar-refractivity contribution < 1.29 is 0 Å². The van der Waals surface area contributed by atoms with E-state index in [1.54, 1.807) is 6.20 Å². The molecule has 2 aromatic rings. The van der Waals surface area contributed by atoms with Gasteiger partial charge in [0.25, 0.3) is 0 Å². The second-order valence-corrected chi connectivity index (χ2v) is 4.75. The van der Waals surface area contributed by atoms with E-state index in [9.17, 15) is 0 Å². The number of aryl methyl sites for hydroxylation is 1.